The van der Waals surface area contributed by atoms with Crippen molar-refractivity contribution >= 4 is 17.4 Å². The van der Waals surface area contributed by atoms with Crippen molar-refractivity contribution in [1.29, 1.82) is 0 Å². The minimum absolute atomic E-state index is 0.0669. The Morgan fingerprint density at radius 1 is 1.11 bits per heavy atom. The minimum Gasteiger partial charge on any atom is -0.454 e. The van der Waals surface area contributed by atoms with Gasteiger partial charge in [-0.25, -0.2) is 4.98 Å². The predicted molar refractivity (Wildman–Crippen MR) is 97.0 cm³/mol. The lowest BCUT2D eigenvalue weighted by atomic mass is 9.74. The van der Waals surface area contributed by atoms with Gasteiger partial charge >= 0.3 is 6.18 Å². The Morgan fingerprint density at radius 3 is 2.57 bits per heavy atom. The fourth-order valence-corrected chi connectivity index (χ4v) is 3.77. The Balaban J connectivity index is 1.58. The molecule has 0 bridgehead atoms. The molecular weight excluding hydrogens is 397 g/mol. The number of rotatable bonds is 4. The average Bonchev–Trinajstić information content (AvgIpc) is 3.15. The van der Waals surface area contributed by atoms with Crippen molar-refractivity contribution < 1.29 is 27.4 Å². The summed E-state index contributed by atoms with van der Waals surface area (Å²) in [7, 11) is 0. The zero-order chi connectivity index (χ0) is 19.8. The second kappa shape index (κ2) is 7.33. The van der Waals surface area contributed by atoms with Gasteiger partial charge < -0.3 is 19.5 Å². The lowest BCUT2D eigenvalue weighted by Gasteiger charge is -2.38. The molecule has 2 aliphatic rings. The first-order valence-corrected chi connectivity index (χ1v) is 9.20. The van der Waals surface area contributed by atoms with E-state index in [1.165, 1.54) is 0 Å². The zero-order valence-corrected chi connectivity index (χ0v) is 15.6. The van der Waals surface area contributed by atoms with Gasteiger partial charge in [0.1, 0.15) is 5.82 Å². The first-order chi connectivity index (χ1) is 13.4. The Kier molecular flexibility index (Phi) is 5.01. The van der Waals surface area contributed by atoms with E-state index in [-0.39, 0.29) is 23.0 Å². The summed E-state index contributed by atoms with van der Waals surface area (Å²) in [4.78, 5) is 3.87. The molecule has 0 amide bonds. The molecule has 9 heteroatoms. The number of pyridine rings is 1. The van der Waals surface area contributed by atoms with Crippen LogP contribution in [0.4, 0.5) is 19.0 Å². The van der Waals surface area contributed by atoms with E-state index < -0.39 is 11.7 Å². The van der Waals surface area contributed by atoms with E-state index in [4.69, 9.17) is 25.8 Å². The minimum atomic E-state index is -4.48. The number of fused-ring (bicyclic) bond motifs is 1. The third kappa shape index (κ3) is 3.71. The fourth-order valence-electron chi connectivity index (χ4n) is 3.53. The van der Waals surface area contributed by atoms with E-state index in [1.807, 2.05) is 18.2 Å². The van der Waals surface area contributed by atoms with Crippen LogP contribution in [0.1, 0.15) is 24.0 Å². The summed E-state index contributed by atoms with van der Waals surface area (Å²) in [5.41, 5.74) is -0.109. The summed E-state index contributed by atoms with van der Waals surface area (Å²) in [5.74, 6) is 1.61. The number of anilines is 1. The van der Waals surface area contributed by atoms with Crippen molar-refractivity contribution in [2.75, 3.05) is 31.9 Å². The normalized spacial score (nSPS) is 18.1. The molecule has 0 saturated carbocycles. The molecular formula is C19H18ClF3N2O3. The van der Waals surface area contributed by atoms with Crippen molar-refractivity contribution in [3.05, 3.63) is 46.6 Å². The molecule has 150 valence electrons. The number of halogens is 4. The monoisotopic (exact) mass is 414 g/mol. The maximum atomic E-state index is 12.8. The van der Waals surface area contributed by atoms with Crippen molar-refractivity contribution in [3.8, 4) is 11.5 Å². The fraction of sp³-hybridized carbons (Fsp3) is 0.421. The lowest BCUT2D eigenvalue weighted by Crippen LogP contribution is -2.40. The van der Waals surface area contributed by atoms with Crippen LogP contribution >= 0.6 is 11.6 Å². The third-order valence-electron chi connectivity index (χ3n) is 5.20. The van der Waals surface area contributed by atoms with E-state index in [0.717, 1.165) is 30.7 Å². The summed E-state index contributed by atoms with van der Waals surface area (Å²) < 4.78 is 54.8. The second-order valence-electron chi connectivity index (χ2n) is 6.87. The molecule has 5 nitrogen and oxygen atoms in total. The maximum absolute atomic E-state index is 12.8. The van der Waals surface area contributed by atoms with Gasteiger partial charge in [-0.1, -0.05) is 17.7 Å². The molecule has 1 aromatic carbocycles. The van der Waals surface area contributed by atoms with Crippen LogP contribution in [-0.2, 0) is 16.3 Å². The zero-order valence-electron chi connectivity index (χ0n) is 14.8. The summed E-state index contributed by atoms with van der Waals surface area (Å²) in [5, 5.41) is 3.06. The average molecular weight is 415 g/mol. The Morgan fingerprint density at radius 2 is 1.86 bits per heavy atom. The molecule has 28 heavy (non-hydrogen) atoms. The highest BCUT2D eigenvalue weighted by Crippen LogP contribution is 2.41. The van der Waals surface area contributed by atoms with Gasteiger partial charge in [0.2, 0.25) is 6.79 Å². The standard InChI is InChI=1S/C19H18ClF3N2O3/c20-14-7-13(19(21,22)23)9-24-17(14)25-10-18(3-5-26-6-4-18)12-1-2-15-16(8-12)28-11-27-15/h1-2,7-9H,3-6,10-11H2,(H,24,25). The molecule has 2 aliphatic heterocycles. The number of aromatic nitrogens is 1. The first kappa shape index (κ1) is 19.1. The van der Waals surface area contributed by atoms with Crippen LogP contribution in [0.25, 0.3) is 0 Å². The van der Waals surface area contributed by atoms with Crippen LogP contribution in [0.3, 0.4) is 0 Å². The number of alkyl halides is 3. The summed E-state index contributed by atoms with van der Waals surface area (Å²) in [6.45, 7) is 1.82. The molecule has 0 aliphatic carbocycles. The number of nitrogens with one attached hydrogen (secondary N) is 1. The number of ether oxygens (including phenoxy) is 3. The molecule has 0 atom stereocenters. The molecule has 1 fully saturated rings. The molecule has 2 aromatic rings. The van der Waals surface area contributed by atoms with Crippen LogP contribution in [0.15, 0.2) is 30.5 Å². The number of nitrogens with zero attached hydrogens (tertiary/aromatic N) is 1. The second-order valence-corrected chi connectivity index (χ2v) is 7.27. The lowest BCUT2D eigenvalue weighted by molar-refractivity contribution is -0.137. The maximum Gasteiger partial charge on any atom is 0.417 e. The molecule has 0 spiro atoms. The third-order valence-corrected chi connectivity index (χ3v) is 5.49. The highest BCUT2D eigenvalue weighted by atomic mass is 35.5. The van der Waals surface area contributed by atoms with Gasteiger partial charge in [0.15, 0.2) is 11.5 Å². The van der Waals surface area contributed by atoms with Crippen LogP contribution in [0, 0.1) is 0 Å². The van der Waals surface area contributed by atoms with E-state index in [9.17, 15) is 13.2 Å². The van der Waals surface area contributed by atoms with Gasteiger partial charge in [-0.15, -0.1) is 0 Å². The Bertz CT molecular complexity index is 870. The Hall–Kier alpha value is -2.19. The smallest absolute Gasteiger partial charge is 0.417 e. The van der Waals surface area contributed by atoms with Crippen LogP contribution in [0.5, 0.6) is 11.5 Å². The Labute approximate surface area is 164 Å². The summed E-state index contributed by atoms with van der Waals surface area (Å²) >= 11 is 6.04. The summed E-state index contributed by atoms with van der Waals surface area (Å²) in [6.07, 6.45) is -2.20. The van der Waals surface area contributed by atoms with Crippen LogP contribution in [0.2, 0.25) is 5.02 Å². The topological polar surface area (TPSA) is 52.6 Å². The molecule has 3 heterocycles. The van der Waals surface area contributed by atoms with Crippen molar-refractivity contribution in [1.82, 2.24) is 4.98 Å². The first-order valence-electron chi connectivity index (χ1n) is 8.82. The van der Waals surface area contributed by atoms with Gasteiger partial charge in [-0.05, 0) is 36.6 Å². The largest absolute Gasteiger partial charge is 0.454 e. The molecule has 0 radical (unpaired) electrons. The van der Waals surface area contributed by atoms with Gasteiger partial charge in [0, 0.05) is 31.4 Å². The van der Waals surface area contributed by atoms with Crippen LogP contribution in [-0.4, -0.2) is 31.5 Å². The molecule has 1 saturated heterocycles. The van der Waals surface area contributed by atoms with Gasteiger partial charge in [0.05, 0.1) is 10.6 Å². The van der Waals surface area contributed by atoms with E-state index in [0.29, 0.717) is 31.3 Å². The van der Waals surface area contributed by atoms with Crippen LogP contribution < -0.4 is 14.8 Å². The molecule has 0 unspecified atom stereocenters. The predicted octanol–water partition coefficient (Wildman–Crippen LogP) is 4.64. The van der Waals surface area contributed by atoms with E-state index >= 15 is 0 Å². The van der Waals surface area contributed by atoms with Crippen molar-refractivity contribution in [2.24, 2.45) is 0 Å². The van der Waals surface area contributed by atoms with Crippen molar-refractivity contribution in [3.63, 3.8) is 0 Å². The number of benzene rings is 1. The van der Waals surface area contributed by atoms with Gasteiger partial charge in [-0.3, -0.25) is 0 Å². The van der Waals surface area contributed by atoms with E-state index in [1.54, 1.807) is 0 Å². The van der Waals surface area contributed by atoms with Gasteiger partial charge in [0.25, 0.3) is 0 Å². The quantitative estimate of drug-likeness (QED) is 0.789. The summed E-state index contributed by atoms with van der Waals surface area (Å²) in [6, 6.07) is 6.70. The SMILES string of the molecule is FC(F)(F)c1cnc(NCC2(c3ccc4c(c3)OCO4)CCOCC2)c(Cl)c1. The highest BCUT2D eigenvalue weighted by molar-refractivity contribution is 6.32. The highest BCUT2D eigenvalue weighted by Gasteiger charge is 2.36. The number of hydrogen-bond donors (Lipinski definition) is 1. The van der Waals surface area contributed by atoms with Gasteiger partial charge in [-0.2, -0.15) is 13.2 Å². The number of hydrogen-bond acceptors (Lipinski definition) is 5. The van der Waals surface area contributed by atoms with E-state index in [2.05, 4.69) is 10.3 Å². The molecule has 1 aromatic heterocycles. The molecule has 4 rings (SSSR count). The molecule has 1 N–H and O–H groups in total. The van der Waals surface area contributed by atoms with Crippen molar-refractivity contribution in [2.45, 2.75) is 24.4 Å².